The molecule has 1 aliphatic heterocycles. The molecule has 1 unspecified atom stereocenters. The van der Waals surface area contributed by atoms with Crippen LogP contribution in [0.4, 0.5) is 0 Å². The number of aromatic nitrogens is 1. The quantitative estimate of drug-likeness (QED) is 0.869. The highest BCUT2D eigenvalue weighted by molar-refractivity contribution is 5.97. The van der Waals surface area contributed by atoms with Crippen LogP contribution in [0.25, 0.3) is 0 Å². The summed E-state index contributed by atoms with van der Waals surface area (Å²) < 4.78 is 0. The summed E-state index contributed by atoms with van der Waals surface area (Å²) in [4.78, 5) is 28.7. The third-order valence-corrected chi connectivity index (χ3v) is 3.33. The van der Waals surface area contributed by atoms with Crippen molar-refractivity contribution in [2.45, 2.75) is 38.6 Å². The fourth-order valence-electron chi connectivity index (χ4n) is 2.37. The Morgan fingerprint density at radius 2 is 2.29 bits per heavy atom. The second-order valence-electron chi connectivity index (χ2n) is 4.43. The summed E-state index contributed by atoms with van der Waals surface area (Å²) in [6.45, 7) is 2.55. The number of hydrogen-bond donors (Lipinski definition) is 1. The first kappa shape index (κ1) is 11.9. The molecule has 0 radical (unpaired) electrons. The topological polar surface area (TPSA) is 53.2 Å². The fraction of sp³-hybridized carbons (Fsp3) is 0.538. The first-order chi connectivity index (χ1) is 8.24. The molecule has 1 aromatic rings. The van der Waals surface area contributed by atoms with Gasteiger partial charge < -0.3 is 9.88 Å². The molecule has 2 rings (SSSR count). The lowest BCUT2D eigenvalue weighted by Crippen LogP contribution is -2.47. The van der Waals surface area contributed by atoms with E-state index in [1.807, 2.05) is 6.92 Å². The molecule has 2 heterocycles. The molecule has 1 aromatic heterocycles. The lowest BCUT2D eigenvalue weighted by molar-refractivity contribution is -0.124. The fourth-order valence-corrected chi connectivity index (χ4v) is 2.37. The number of rotatable bonds is 3. The number of nitrogens with zero attached hydrogens (tertiary/aromatic N) is 1. The van der Waals surface area contributed by atoms with Crippen LogP contribution in [0.3, 0.4) is 0 Å². The summed E-state index contributed by atoms with van der Waals surface area (Å²) in [5.74, 6) is 0.145. The van der Waals surface area contributed by atoms with E-state index in [9.17, 15) is 9.59 Å². The van der Waals surface area contributed by atoms with Gasteiger partial charge in [0.25, 0.3) is 5.91 Å². The van der Waals surface area contributed by atoms with Gasteiger partial charge in [-0.05, 0) is 25.3 Å². The van der Waals surface area contributed by atoms with Gasteiger partial charge in [-0.15, -0.1) is 0 Å². The van der Waals surface area contributed by atoms with Crippen molar-refractivity contribution < 1.29 is 9.59 Å². The van der Waals surface area contributed by atoms with Crippen LogP contribution in [-0.2, 0) is 4.79 Å². The van der Waals surface area contributed by atoms with E-state index in [1.165, 1.54) is 0 Å². The minimum Gasteiger partial charge on any atom is -0.367 e. The van der Waals surface area contributed by atoms with Crippen molar-refractivity contribution in [3.05, 3.63) is 24.0 Å². The first-order valence-corrected chi connectivity index (χ1v) is 6.20. The van der Waals surface area contributed by atoms with Crippen molar-refractivity contribution in [3.63, 3.8) is 0 Å². The lowest BCUT2D eigenvalue weighted by atomic mass is 9.96. The highest BCUT2D eigenvalue weighted by Crippen LogP contribution is 2.21. The molecule has 4 heteroatoms. The molecule has 0 bridgehead atoms. The smallest absolute Gasteiger partial charge is 0.255 e. The van der Waals surface area contributed by atoms with E-state index in [0.717, 1.165) is 19.3 Å². The number of aromatic amines is 1. The number of hydrogen-bond acceptors (Lipinski definition) is 2. The van der Waals surface area contributed by atoms with Gasteiger partial charge in [0.1, 0.15) is 0 Å². The molecule has 0 aliphatic carbocycles. The van der Waals surface area contributed by atoms with Crippen molar-refractivity contribution in [1.29, 1.82) is 0 Å². The number of H-pyrrole nitrogens is 1. The predicted molar refractivity (Wildman–Crippen MR) is 64.8 cm³/mol. The van der Waals surface area contributed by atoms with E-state index in [2.05, 4.69) is 4.98 Å². The zero-order valence-corrected chi connectivity index (χ0v) is 10.1. The molecule has 1 atom stereocenters. The summed E-state index contributed by atoms with van der Waals surface area (Å²) in [7, 11) is 0. The molecule has 1 N–H and O–H groups in total. The van der Waals surface area contributed by atoms with Gasteiger partial charge in [0.15, 0.2) is 5.78 Å². The molecule has 1 fully saturated rings. The number of nitrogens with one attached hydrogen (secondary N) is 1. The molecular weight excluding hydrogens is 216 g/mol. The Morgan fingerprint density at radius 3 is 2.94 bits per heavy atom. The van der Waals surface area contributed by atoms with E-state index in [4.69, 9.17) is 0 Å². The van der Waals surface area contributed by atoms with Gasteiger partial charge in [-0.1, -0.05) is 6.92 Å². The van der Waals surface area contributed by atoms with Crippen LogP contribution in [0.1, 0.15) is 43.0 Å². The SMILES string of the molecule is CCC(=O)C1CCCCN1C(=O)c1cc[nH]c1. The summed E-state index contributed by atoms with van der Waals surface area (Å²) in [6.07, 6.45) is 6.75. The Labute approximate surface area is 101 Å². The number of carbonyl (C=O) groups excluding carboxylic acids is 2. The number of Topliss-reactive ketones (excluding diaryl/α,β-unsaturated/α-hetero) is 1. The van der Waals surface area contributed by atoms with Crippen LogP contribution in [-0.4, -0.2) is 34.2 Å². The molecule has 1 amide bonds. The first-order valence-electron chi connectivity index (χ1n) is 6.20. The average Bonchev–Trinajstić information content (AvgIpc) is 2.91. The number of amides is 1. The van der Waals surface area contributed by atoms with Gasteiger partial charge >= 0.3 is 0 Å². The van der Waals surface area contributed by atoms with Crippen LogP contribution in [0, 0.1) is 0 Å². The van der Waals surface area contributed by atoms with E-state index in [-0.39, 0.29) is 17.7 Å². The molecule has 1 saturated heterocycles. The van der Waals surface area contributed by atoms with Crippen LogP contribution in [0.15, 0.2) is 18.5 Å². The predicted octanol–water partition coefficient (Wildman–Crippen LogP) is 1.99. The molecule has 0 saturated carbocycles. The monoisotopic (exact) mass is 234 g/mol. The molecule has 92 valence electrons. The lowest BCUT2D eigenvalue weighted by Gasteiger charge is -2.34. The number of likely N-dealkylation sites (tertiary alicyclic amines) is 1. The third kappa shape index (κ3) is 2.40. The zero-order chi connectivity index (χ0) is 12.3. The van der Waals surface area contributed by atoms with Crippen LogP contribution in [0.2, 0.25) is 0 Å². The summed E-state index contributed by atoms with van der Waals surface area (Å²) in [6, 6.07) is 1.54. The number of ketones is 1. The minimum atomic E-state index is -0.212. The number of carbonyl (C=O) groups is 2. The van der Waals surface area contributed by atoms with Crippen molar-refractivity contribution in [3.8, 4) is 0 Å². The van der Waals surface area contributed by atoms with Gasteiger partial charge in [-0.25, -0.2) is 0 Å². The van der Waals surface area contributed by atoms with Crippen LogP contribution >= 0.6 is 0 Å². The van der Waals surface area contributed by atoms with Crippen molar-refractivity contribution in [1.82, 2.24) is 9.88 Å². The highest BCUT2D eigenvalue weighted by Gasteiger charge is 2.31. The summed E-state index contributed by atoms with van der Waals surface area (Å²) in [5.41, 5.74) is 0.640. The third-order valence-electron chi connectivity index (χ3n) is 3.33. The zero-order valence-electron chi connectivity index (χ0n) is 10.1. The maximum Gasteiger partial charge on any atom is 0.255 e. The Hall–Kier alpha value is -1.58. The Bertz CT molecular complexity index is 398. The van der Waals surface area contributed by atoms with E-state index < -0.39 is 0 Å². The molecule has 17 heavy (non-hydrogen) atoms. The normalized spacial score (nSPS) is 20.3. The summed E-state index contributed by atoms with van der Waals surface area (Å²) >= 11 is 0. The molecule has 4 nitrogen and oxygen atoms in total. The molecule has 0 aromatic carbocycles. The molecule has 0 spiro atoms. The second kappa shape index (κ2) is 5.17. The molecular formula is C13H18N2O2. The van der Waals surface area contributed by atoms with Gasteiger partial charge in [0, 0.05) is 25.4 Å². The Kier molecular flexibility index (Phi) is 3.61. The minimum absolute atomic E-state index is 0.0299. The highest BCUT2D eigenvalue weighted by atomic mass is 16.2. The second-order valence-corrected chi connectivity index (χ2v) is 4.43. The maximum atomic E-state index is 12.2. The summed E-state index contributed by atoms with van der Waals surface area (Å²) in [5, 5.41) is 0. The van der Waals surface area contributed by atoms with Gasteiger partial charge in [0.05, 0.1) is 11.6 Å². The van der Waals surface area contributed by atoms with Crippen molar-refractivity contribution in [2.75, 3.05) is 6.54 Å². The van der Waals surface area contributed by atoms with Gasteiger partial charge in [-0.2, -0.15) is 0 Å². The number of piperidine rings is 1. The van der Waals surface area contributed by atoms with Gasteiger partial charge in [-0.3, -0.25) is 9.59 Å². The Balaban J connectivity index is 2.16. The van der Waals surface area contributed by atoms with Crippen molar-refractivity contribution in [2.24, 2.45) is 0 Å². The molecule has 1 aliphatic rings. The largest absolute Gasteiger partial charge is 0.367 e. The van der Waals surface area contributed by atoms with Crippen molar-refractivity contribution >= 4 is 11.7 Å². The van der Waals surface area contributed by atoms with E-state index in [1.54, 1.807) is 23.4 Å². The van der Waals surface area contributed by atoms with Crippen LogP contribution in [0.5, 0.6) is 0 Å². The van der Waals surface area contributed by atoms with Gasteiger partial charge in [0.2, 0.25) is 0 Å². The van der Waals surface area contributed by atoms with E-state index >= 15 is 0 Å². The van der Waals surface area contributed by atoms with E-state index in [0.29, 0.717) is 18.5 Å². The maximum absolute atomic E-state index is 12.2. The standard InChI is InChI=1S/C13H18N2O2/c1-2-12(16)11-5-3-4-8-15(11)13(17)10-6-7-14-9-10/h6-7,9,11,14H,2-5,8H2,1H3. The Morgan fingerprint density at radius 1 is 1.47 bits per heavy atom. The van der Waals surface area contributed by atoms with Crippen LogP contribution < -0.4 is 0 Å². The average molecular weight is 234 g/mol.